The van der Waals surface area contributed by atoms with Gasteiger partial charge in [0.05, 0.1) is 5.69 Å². The molecule has 4 heteroatoms. The third kappa shape index (κ3) is 2.75. The molecule has 0 radical (unpaired) electrons. The first-order valence-electron chi connectivity index (χ1n) is 6.46. The molecule has 1 N–H and O–H groups in total. The molecule has 1 aliphatic carbocycles. The second-order valence-electron chi connectivity index (χ2n) is 4.53. The van der Waals surface area contributed by atoms with Gasteiger partial charge in [-0.25, -0.2) is 4.98 Å². The normalized spacial score (nSPS) is 17.3. The fourth-order valence-corrected chi connectivity index (χ4v) is 2.32. The van der Waals surface area contributed by atoms with Crippen LogP contribution in [0.15, 0.2) is 4.79 Å². The lowest BCUT2D eigenvalue weighted by molar-refractivity contribution is 0.0696. The van der Waals surface area contributed by atoms with Crippen molar-refractivity contribution >= 4 is 0 Å². The minimum atomic E-state index is -0.138. The van der Waals surface area contributed by atoms with E-state index < -0.39 is 0 Å². The van der Waals surface area contributed by atoms with Crippen LogP contribution >= 0.6 is 0 Å². The van der Waals surface area contributed by atoms with Crippen LogP contribution in [-0.4, -0.2) is 16.6 Å². The number of rotatable bonds is 3. The van der Waals surface area contributed by atoms with E-state index in [-0.39, 0.29) is 11.7 Å². The van der Waals surface area contributed by atoms with Crippen molar-refractivity contribution in [3.8, 4) is 0 Å². The van der Waals surface area contributed by atoms with Crippen LogP contribution in [-0.2, 0) is 17.6 Å². The van der Waals surface area contributed by atoms with Crippen molar-refractivity contribution in [2.75, 3.05) is 6.61 Å². The summed E-state index contributed by atoms with van der Waals surface area (Å²) in [6.07, 6.45) is 5.06. The molecule has 1 heterocycles. The van der Waals surface area contributed by atoms with E-state index in [4.69, 9.17) is 4.74 Å². The number of aryl methyl sites for hydroxylation is 1. The summed E-state index contributed by atoms with van der Waals surface area (Å²) < 4.78 is 5.47. The second-order valence-corrected chi connectivity index (χ2v) is 4.53. The van der Waals surface area contributed by atoms with E-state index in [0.717, 1.165) is 36.9 Å². The Morgan fingerprint density at radius 1 is 1.35 bits per heavy atom. The molecule has 1 aliphatic rings. The highest BCUT2D eigenvalue weighted by molar-refractivity contribution is 5.20. The average molecular weight is 236 g/mol. The molecular formula is C13H20N2O2. The molecule has 1 atom stereocenters. The Labute approximate surface area is 101 Å². The second kappa shape index (κ2) is 5.45. The van der Waals surface area contributed by atoms with Gasteiger partial charge in [-0.15, -0.1) is 0 Å². The Morgan fingerprint density at radius 3 is 2.88 bits per heavy atom. The highest BCUT2D eigenvalue weighted by Gasteiger charge is 2.16. The SMILES string of the molecule is CCOC(C)c1nc2c(c(=O)[nH]1)CCCCC2. The maximum Gasteiger partial charge on any atom is 0.254 e. The van der Waals surface area contributed by atoms with Crippen molar-refractivity contribution in [1.29, 1.82) is 0 Å². The van der Waals surface area contributed by atoms with Crippen LogP contribution in [0.5, 0.6) is 0 Å². The largest absolute Gasteiger partial charge is 0.371 e. The fraction of sp³-hybridized carbons (Fsp3) is 0.692. The summed E-state index contributed by atoms with van der Waals surface area (Å²) in [4.78, 5) is 19.4. The summed E-state index contributed by atoms with van der Waals surface area (Å²) in [7, 11) is 0. The molecule has 1 unspecified atom stereocenters. The summed E-state index contributed by atoms with van der Waals surface area (Å²) in [5.41, 5.74) is 1.89. The van der Waals surface area contributed by atoms with Gasteiger partial charge >= 0.3 is 0 Å². The topological polar surface area (TPSA) is 55.0 Å². The van der Waals surface area contributed by atoms with Gasteiger partial charge in [0, 0.05) is 12.2 Å². The van der Waals surface area contributed by atoms with E-state index in [0.29, 0.717) is 12.4 Å². The highest BCUT2D eigenvalue weighted by Crippen LogP contribution is 2.18. The van der Waals surface area contributed by atoms with Gasteiger partial charge in [-0.05, 0) is 39.5 Å². The monoisotopic (exact) mass is 236 g/mol. The Kier molecular flexibility index (Phi) is 3.94. The number of nitrogens with zero attached hydrogens (tertiary/aromatic N) is 1. The van der Waals surface area contributed by atoms with Crippen LogP contribution in [0.4, 0.5) is 0 Å². The Balaban J connectivity index is 2.35. The molecule has 0 aromatic carbocycles. The van der Waals surface area contributed by atoms with Gasteiger partial charge in [0.25, 0.3) is 5.56 Å². The van der Waals surface area contributed by atoms with Gasteiger partial charge in [-0.3, -0.25) is 4.79 Å². The van der Waals surface area contributed by atoms with Crippen molar-refractivity contribution in [3.05, 3.63) is 27.4 Å². The zero-order chi connectivity index (χ0) is 12.3. The summed E-state index contributed by atoms with van der Waals surface area (Å²) in [6, 6.07) is 0. The zero-order valence-corrected chi connectivity index (χ0v) is 10.6. The van der Waals surface area contributed by atoms with E-state index >= 15 is 0 Å². The first-order valence-corrected chi connectivity index (χ1v) is 6.46. The van der Waals surface area contributed by atoms with Gasteiger partial charge in [0.15, 0.2) is 0 Å². The molecule has 0 bridgehead atoms. The van der Waals surface area contributed by atoms with Crippen molar-refractivity contribution in [2.24, 2.45) is 0 Å². The number of fused-ring (bicyclic) bond motifs is 1. The maximum atomic E-state index is 12.0. The van der Waals surface area contributed by atoms with Crippen LogP contribution < -0.4 is 5.56 Å². The lowest BCUT2D eigenvalue weighted by Gasteiger charge is -2.13. The molecule has 0 fully saturated rings. The third-order valence-corrected chi connectivity index (χ3v) is 3.26. The maximum absolute atomic E-state index is 12.0. The quantitative estimate of drug-likeness (QED) is 0.818. The average Bonchev–Trinajstić information content (AvgIpc) is 2.54. The van der Waals surface area contributed by atoms with E-state index in [9.17, 15) is 4.79 Å². The number of hydrogen-bond donors (Lipinski definition) is 1. The smallest absolute Gasteiger partial charge is 0.254 e. The molecule has 0 spiro atoms. The molecule has 94 valence electrons. The molecule has 0 saturated carbocycles. The minimum Gasteiger partial charge on any atom is -0.371 e. The Morgan fingerprint density at radius 2 is 2.12 bits per heavy atom. The molecule has 1 aromatic rings. The standard InChI is InChI=1S/C13H20N2O2/c1-3-17-9(2)12-14-11-8-6-4-5-7-10(11)13(16)15-12/h9H,3-8H2,1-2H3,(H,14,15,16). The van der Waals surface area contributed by atoms with Crippen LogP contribution in [0.3, 0.4) is 0 Å². The number of ether oxygens (including phenoxy) is 1. The summed E-state index contributed by atoms with van der Waals surface area (Å²) in [5.74, 6) is 0.664. The first-order chi connectivity index (χ1) is 8.22. The molecular weight excluding hydrogens is 216 g/mol. The Hall–Kier alpha value is -1.16. The molecule has 1 aromatic heterocycles. The summed E-state index contributed by atoms with van der Waals surface area (Å²) >= 11 is 0. The van der Waals surface area contributed by atoms with Crippen LogP contribution in [0.1, 0.15) is 56.3 Å². The summed E-state index contributed by atoms with van der Waals surface area (Å²) in [5, 5.41) is 0. The van der Waals surface area contributed by atoms with Crippen LogP contribution in [0, 0.1) is 0 Å². The van der Waals surface area contributed by atoms with Gasteiger partial charge in [0.2, 0.25) is 0 Å². The molecule has 2 rings (SSSR count). The number of aromatic nitrogens is 2. The van der Waals surface area contributed by atoms with Crippen molar-refractivity contribution in [2.45, 2.75) is 52.1 Å². The predicted molar refractivity (Wildman–Crippen MR) is 66.2 cm³/mol. The van der Waals surface area contributed by atoms with Gasteiger partial charge in [-0.1, -0.05) is 6.42 Å². The number of H-pyrrole nitrogens is 1. The first kappa shape index (κ1) is 12.3. The highest BCUT2D eigenvalue weighted by atomic mass is 16.5. The number of hydrogen-bond acceptors (Lipinski definition) is 3. The zero-order valence-electron chi connectivity index (χ0n) is 10.6. The van der Waals surface area contributed by atoms with Gasteiger partial charge < -0.3 is 9.72 Å². The van der Waals surface area contributed by atoms with Crippen molar-refractivity contribution < 1.29 is 4.74 Å². The number of aromatic amines is 1. The van der Waals surface area contributed by atoms with Crippen molar-refractivity contribution in [1.82, 2.24) is 9.97 Å². The third-order valence-electron chi connectivity index (χ3n) is 3.26. The van der Waals surface area contributed by atoms with Crippen LogP contribution in [0.2, 0.25) is 0 Å². The summed E-state index contributed by atoms with van der Waals surface area (Å²) in [6.45, 7) is 4.49. The van der Waals surface area contributed by atoms with E-state index in [1.807, 2.05) is 13.8 Å². The van der Waals surface area contributed by atoms with E-state index in [1.54, 1.807) is 0 Å². The van der Waals surface area contributed by atoms with Gasteiger partial charge in [0.1, 0.15) is 11.9 Å². The van der Waals surface area contributed by atoms with E-state index in [1.165, 1.54) is 6.42 Å². The molecule has 4 nitrogen and oxygen atoms in total. The predicted octanol–water partition coefficient (Wildman–Crippen LogP) is 2.14. The lowest BCUT2D eigenvalue weighted by Crippen LogP contribution is -2.21. The molecule has 17 heavy (non-hydrogen) atoms. The Bertz CT molecular complexity index is 440. The molecule has 0 saturated heterocycles. The minimum absolute atomic E-state index is 0.0263. The lowest BCUT2D eigenvalue weighted by atomic mass is 10.1. The van der Waals surface area contributed by atoms with Crippen LogP contribution in [0.25, 0.3) is 0 Å². The van der Waals surface area contributed by atoms with Gasteiger partial charge in [-0.2, -0.15) is 0 Å². The molecule has 0 amide bonds. The van der Waals surface area contributed by atoms with Crippen molar-refractivity contribution in [3.63, 3.8) is 0 Å². The molecule has 0 aliphatic heterocycles. The van der Waals surface area contributed by atoms with E-state index in [2.05, 4.69) is 9.97 Å². The fourth-order valence-electron chi connectivity index (χ4n) is 2.32. The number of nitrogens with one attached hydrogen (secondary N) is 1.